The second-order valence-corrected chi connectivity index (χ2v) is 10.3. The van der Waals surface area contributed by atoms with Crippen LogP contribution >= 0.6 is 23.2 Å². The van der Waals surface area contributed by atoms with Crippen LogP contribution in [0, 0.1) is 0 Å². The van der Waals surface area contributed by atoms with E-state index in [1.807, 2.05) is 0 Å². The minimum Gasteiger partial charge on any atom is -0.493 e. The van der Waals surface area contributed by atoms with Crippen molar-refractivity contribution in [2.75, 3.05) is 20.3 Å². The predicted octanol–water partition coefficient (Wildman–Crippen LogP) is 3.43. The van der Waals surface area contributed by atoms with Gasteiger partial charge in [0.05, 0.1) is 25.7 Å². The first kappa shape index (κ1) is 29.6. The Hall–Kier alpha value is -3.37. The summed E-state index contributed by atoms with van der Waals surface area (Å²) < 4.78 is 11.6. The van der Waals surface area contributed by atoms with E-state index in [4.69, 9.17) is 32.7 Å². The number of ether oxygens (including phenoxy) is 2. The first-order valence-electron chi connectivity index (χ1n) is 12.7. The fraction of sp³-hybridized carbons (Fsp3) is 0.345. The summed E-state index contributed by atoms with van der Waals surface area (Å²) in [4.78, 5) is 40.0. The Balaban J connectivity index is 1.83. The van der Waals surface area contributed by atoms with Gasteiger partial charge >= 0.3 is 0 Å². The summed E-state index contributed by atoms with van der Waals surface area (Å²) >= 11 is 12.5. The highest BCUT2D eigenvalue weighted by atomic mass is 35.5. The lowest BCUT2D eigenvalue weighted by molar-refractivity contribution is -0.138. The number of allylic oxidation sites excluding steroid dienone is 1. The first-order valence-corrected chi connectivity index (χ1v) is 13.5. The SMILES string of the molecule is C=CCCC(=O)N(Cc1ccc(Cl)cc1Cl)C1C=C(C(=O)NCCO)C2c3cc(C=O)cc(OC)c3OC2C1O. The molecule has 4 atom stereocenters. The van der Waals surface area contributed by atoms with E-state index in [1.54, 1.807) is 36.4 Å². The molecule has 0 fully saturated rings. The lowest BCUT2D eigenvalue weighted by Crippen LogP contribution is -2.55. The minimum atomic E-state index is -1.27. The van der Waals surface area contributed by atoms with Crippen LogP contribution in [0.15, 0.2) is 54.6 Å². The van der Waals surface area contributed by atoms with Crippen molar-refractivity contribution in [3.63, 3.8) is 0 Å². The number of nitrogens with one attached hydrogen (secondary N) is 1. The molecule has 2 aromatic carbocycles. The molecule has 0 saturated heterocycles. The van der Waals surface area contributed by atoms with E-state index in [9.17, 15) is 24.6 Å². The van der Waals surface area contributed by atoms with Gasteiger partial charge in [-0.2, -0.15) is 0 Å². The number of carbonyl (C=O) groups is 3. The number of fused-ring (bicyclic) bond motifs is 3. The van der Waals surface area contributed by atoms with Gasteiger partial charge in [-0.25, -0.2) is 0 Å². The zero-order chi connectivity index (χ0) is 29.0. The van der Waals surface area contributed by atoms with Gasteiger partial charge in [-0.3, -0.25) is 14.4 Å². The first-order chi connectivity index (χ1) is 19.2. The van der Waals surface area contributed by atoms with Crippen molar-refractivity contribution < 1.29 is 34.1 Å². The van der Waals surface area contributed by atoms with Crippen LogP contribution in [0.2, 0.25) is 10.0 Å². The van der Waals surface area contributed by atoms with Crippen LogP contribution in [-0.2, 0) is 16.1 Å². The zero-order valence-electron chi connectivity index (χ0n) is 21.8. The summed E-state index contributed by atoms with van der Waals surface area (Å²) in [6, 6.07) is 7.04. The van der Waals surface area contributed by atoms with E-state index < -0.39 is 30.1 Å². The Morgan fingerprint density at radius 3 is 2.67 bits per heavy atom. The summed E-state index contributed by atoms with van der Waals surface area (Å²) in [5.41, 5.74) is 1.63. The van der Waals surface area contributed by atoms with Crippen molar-refractivity contribution in [2.45, 2.75) is 43.6 Å². The minimum absolute atomic E-state index is 0.00540. The quantitative estimate of drug-likeness (QED) is 0.271. The summed E-state index contributed by atoms with van der Waals surface area (Å²) in [5, 5.41) is 24.4. The number of rotatable bonds is 11. The molecule has 9 nitrogen and oxygen atoms in total. The number of halogens is 2. The zero-order valence-corrected chi connectivity index (χ0v) is 23.3. The van der Waals surface area contributed by atoms with Crippen molar-refractivity contribution >= 4 is 41.3 Å². The molecule has 2 aliphatic rings. The highest BCUT2D eigenvalue weighted by Crippen LogP contribution is 2.51. The molecule has 212 valence electrons. The van der Waals surface area contributed by atoms with Crippen LogP contribution in [0.3, 0.4) is 0 Å². The molecule has 4 unspecified atom stereocenters. The fourth-order valence-corrected chi connectivity index (χ4v) is 5.59. The lowest BCUT2D eigenvalue weighted by atomic mass is 9.77. The standard InChI is InChI=1S/C29H30Cl2N2O7/c1-3-4-5-24(36)33(14-17-6-7-18(30)12-21(17)31)22-13-20(29(38)32-8-9-34)25-19-10-16(15-35)11-23(39-2)27(19)40-28(25)26(22)37/h3,6-7,10-13,15,22,25-26,28,34,37H,1,4-5,8-9,14H2,2H3,(H,32,38). The van der Waals surface area contributed by atoms with E-state index in [1.165, 1.54) is 18.1 Å². The normalized spacial score (nSPS) is 20.9. The second kappa shape index (κ2) is 12.9. The number of aliphatic hydroxyl groups is 2. The topological polar surface area (TPSA) is 125 Å². The van der Waals surface area contributed by atoms with Crippen LogP contribution in [0.4, 0.5) is 0 Å². The molecule has 2 amide bonds. The monoisotopic (exact) mass is 588 g/mol. The molecule has 1 aliphatic heterocycles. The summed E-state index contributed by atoms with van der Waals surface area (Å²) in [6.07, 6.45) is 2.09. The third kappa shape index (κ3) is 5.88. The number of aliphatic hydroxyl groups excluding tert-OH is 2. The Bertz CT molecular complexity index is 1350. The van der Waals surface area contributed by atoms with Crippen molar-refractivity contribution in [3.05, 3.63) is 81.4 Å². The van der Waals surface area contributed by atoms with Crippen LogP contribution < -0.4 is 14.8 Å². The molecule has 2 aromatic rings. The molecule has 0 aromatic heterocycles. The van der Waals surface area contributed by atoms with E-state index in [2.05, 4.69) is 11.9 Å². The molecule has 0 saturated carbocycles. The molecule has 4 rings (SSSR count). The van der Waals surface area contributed by atoms with Gasteiger partial charge in [0.2, 0.25) is 11.8 Å². The Kier molecular flexibility index (Phi) is 9.52. The van der Waals surface area contributed by atoms with E-state index in [0.29, 0.717) is 45.2 Å². The van der Waals surface area contributed by atoms with Gasteiger partial charge in [0, 0.05) is 46.3 Å². The molecular weight excluding hydrogens is 559 g/mol. The van der Waals surface area contributed by atoms with Gasteiger partial charge in [0.15, 0.2) is 11.5 Å². The highest BCUT2D eigenvalue weighted by molar-refractivity contribution is 6.35. The summed E-state index contributed by atoms with van der Waals surface area (Å²) in [5.74, 6) is -0.987. The number of methoxy groups -OCH3 is 1. The highest BCUT2D eigenvalue weighted by Gasteiger charge is 2.51. The van der Waals surface area contributed by atoms with Gasteiger partial charge in [0.25, 0.3) is 0 Å². The fourth-order valence-electron chi connectivity index (χ4n) is 5.12. The summed E-state index contributed by atoms with van der Waals surface area (Å²) in [6.45, 7) is 3.43. The van der Waals surface area contributed by atoms with E-state index in [-0.39, 0.29) is 43.3 Å². The van der Waals surface area contributed by atoms with Crippen molar-refractivity contribution in [3.8, 4) is 11.5 Å². The maximum Gasteiger partial charge on any atom is 0.247 e. The predicted molar refractivity (Wildman–Crippen MR) is 150 cm³/mol. The van der Waals surface area contributed by atoms with Crippen LogP contribution in [0.1, 0.15) is 40.2 Å². The van der Waals surface area contributed by atoms with Gasteiger partial charge in [-0.05, 0) is 42.3 Å². The molecule has 1 heterocycles. The molecule has 1 aliphatic carbocycles. The third-order valence-corrected chi connectivity index (χ3v) is 7.60. The van der Waals surface area contributed by atoms with Crippen LogP contribution in [-0.4, -0.2) is 71.7 Å². The number of amides is 2. The smallest absolute Gasteiger partial charge is 0.247 e. The molecular formula is C29H30Cl2N2O7. The average Bonchev–Trinajstić information content (AvgIpc) is 3.34. The Morgan fingerprint density at radius 1 is 1.25 bits per heavy atom. The number of nitrogens with zero attached hydrogens (tertiary/aromatic N) is 1. The van der Waals surface area contributed by atoms with E-state index in [0.717, 1.165) is 0 Å². The van der Waals surface area contributed by atoms with Gasteiger partial charge < -0.3 is 29.9 Å². The van der Waals surface area contributed by atoms with Crippen molar-refractivity contribution in [2.24, 2.45) is 0 Å². The molecule has 0 bridgehead atoms. The van der Waals surface area contributed by atoms with Crippen molar-refractivity contribution in [1.82, 2.24) is 10.2 Å². The molecule has 0 spiro atoms. The lowest BCUT2D eigenvalue weighted by Gasteiger charge is -2.41. The van der Waals surface area contributed by atoms with Gasteiger partial charge in [-0.1, -0.05) is 35.3 Å². The number of aldehydes is 1. The van der Waals surface area contributed by atoms with E-state index >= 15 is 0 Å². The number of hydrogen-bond acceptors (Lipinski definition) is 7. The maximum absolute atomic E-state index is 13.5. The average molecular weight is 589 g/mol. The molecule has 0 radical (unpaired) electrons. The summed E-state index contributed by atoms with van der Waals surface area (Å²) in [7, 11) is 1.43. The van der Waals surface area contributed by atoms with Crippen LogP contribution in [0.25, 0.3) is 0 Å². The number of carbonyl (C=O) groups excluding carboxylic acids is 3. The van der Waals surface area contributed by atoms with Gasteiger partial charge in [0.1, 0.15) is 18.5 Å². The Labute approximate surface area is 242 Å². The van der Waals surface area contributed by atoms with Gasteiger partial charge in [-0.15, -0.1) is 6.58 Å². The maximum atomic E-state index is 13.5. The third-order valence-electron chi connectivity index (χ3n) is 7.01. The van der Waals surface area contributed by atoms with Crippen molar-refractivity contribution in [1.29, 1.82) is 0 Å². The second-order valence-electron chi connectivity index (χ2n) is 9.49. The van der Waals surface area contributed by atoms with Crippen LogP contribution in [0.5, 0.6) is 11.5 Å². The number of benzene rings is 2. The molecule has 11 heteroatoms. The Morgan fingerprint density at radius 2 is 2.02 bits per heavy atom. The molecule has 3 N–H and O–H groups in total. The largest absolute Gasteiger partial charge is 0.493 e. The number of hydrogen-bond donors (Lipinski definition) is 3. The molecule has 40 heavy (non-hydrogen) atoms.